The van der Waals surface area contributed by atoms with Crippen molar-refractivity contribution in [1.29, 1.82) is 0 Å². The van der Waals surface area contributed by atoms with Gasteiger partial charge in [-0.05, 0) is 77.9 Å². The van der Waals surface area contributed by atoms with Gasteiger partial charge in [-0.2, -0.15) is 0 Å². The molecule has 11 rings (SSSR count). The predicted molar refractivity (Wildman–Crippen MR) is 209 cm³/mol. The van der Waals surface area contributed by atoms with E-state index in [9.17, 15) is 0 Å². The van der Waals surface area contributed by atoms with Gasteiger partial charge in [-0.1, -0.05) is 97.1 Å². The summed E-state index contributed by atoms with van der Waals surface area (Å²) in [6.45, 7) is 0. The minimum absolute atomic E-state index is 0.560. The fraction of sp³-hybridized carbons (Fsp3) is 0. The van der Waals surface area contributed by atoms with Crippen LogP contribution >= 0.6 is 0 Å². The molecular weight excluding hydrogens is 625 g/mol. The van der Waals surface area contributed by atoms with Gasteiger partial charge in [0.15, 0.2) is 5.58 Å². The summed E-state index contributed by atoms with van der Waals surface area (Å²) in [5.41, 5.74) is 12.1. The smallest absolute Gasteiger partial charge is 0.228 e. The molecule has 0 bridgehead atoms. The van der Waals surface area contributed by atoms with Crippen molar-refractivity contribution in [1.82, 2.24) is 19.1 Å². The van der Waals surface area contributed by atoms with Gasteiger partial charge in [-0.3, -0.25) is 4.98 Å². The second-order valence-corrected chi connectivity index (χ2v) is 13.0. The SMILES string of the molecule is c1ccc(-n2c3ccccc3c3ccc(-c4ccc(-n5c6ccccc6c6ccccc65)cc4-c4nc5c(ccc6cccnc65)o4)cc32)cc1. The first kappa shape index (κ1) is 27.9. The number of pyridine rings is 1. The maximum atomic E-state index is 6.63. The number of benzene rings is 7. The van der Waals surface area contributed by atoms with E-state index in [1.807, 2.05) is 24.4 Å². The van der Waals surface area contributed by atoms with Gasteiger partial charge >= 0.3 is 0 Å². The Bertz CT molecular complexity index is 3090. The molecule has 0 atom stereocenters. The summed E-state index contributed by atoms with van der Waals surface area (Å²) in [6.07, 6.45) is 1.81. The summed E-state index contributed by atoms with van der Waals surface area (Å²) in [5.74, 6) is 0.560. The summed E-state index contributed by atoms with van der Waals surface area (Å²) >= 11 is 0. The zero-order chi connectivity index (χ0) is 33.5. The van der Waals surface area contributed by atoms with Crippen molar-refractivity contribution in [3.63, 3.8) is 0 Å². The van der Waals surface area contributed by atoms with Crippen LogP contribution in [-0.2, 0) is 0 Å². The third-order valence-corrected chi connectivity index (χ3v) is 10.2. The standard InChI is InChI=1S/C46H28N4O/c1-2-12-31(13-3-1)49-39-17-7-6-16-36(39)37-23-20-30(27-42(37)49)33-24-22-32(50-40-18-8-4-14-34(40)35-15-5-9-19-41(35)50)28-38(33)46-48-45-43(51-46)25-21-29-11-10-26-47-44(29)45/h1-28H. The van der Waals surface area contributed by atoms with Crippen LogP contribution in [0.5, 0.6) is 0 Å². The minimum atomic E-state index is 0.560. The van der Waals surface area contributed by atoms with E-state index in [0.29, 0.717) is 11.5 Å². The maximum absolute atomic E-state index is 6.63. The lowest BCUT2D eigenvalue weighted by atomic mass is 9.97. The molecule has 51 heavy (non-hydrogen) atoms. The molecule has 0 aliphatic rings. The molecule has 0 spiro atoms. The molecule has 4 heterocycles. The van der Waals surface area contributed by atoms with Gasteiger partial charge in [-0.25, -0.2) is 4.98 Å². The number of oxazole rings is 1. The number of fused-ring (bicyclic) bond motifs is 9. The lowest BCUT2D eigenvalue weighted by Crippen LogP contribution is -1.96. The second kappa shape index (κ2) is 10.8. The Morgan fingerprint density at radius 3 is 1.80 bits per heavy atom. The Balaban J connectivity index is 1.20. The highest BCUT2D eigenvalue weighted by atomic mass is 16.3. The molecule has 5 nitrogen and oxygen atoms in total. The van der Waals surface area contributed by atoms with Gasteiger partial charge in [0, 0.05) is 50.1 Å². The predicted octanol–water partition coefficient (Wildman–Crippen LogP) is 11.9. The summed E-state index contributed by atoms with van der Waals surface area (Å²) in [5, 5.41) is 5.90. The highest BCUT2D eigenvalue weighted by Crippen LogP contribution is 2.41. The Hall–Kier alpha value is -6.98. The average Bonchev–Trinajstić information content (AvgIpc) is 3.88. The number of hydrogen-bond acceptors (Lipinski definition) is 3. The van der Waals surface area contributed by atoms with Gasteiger partial charge in [0.05, 0.1) is 27.6 Å². The van der Waals surface area contributed by atoms with Gasteiger partial charge in [0.25, 0.3) is 0 Å². The summed E-state index contributed by atoms with van der Waals surface area (Å²) in [7, 11) is 0. The van der Waals surface area contributed by atoms with Crippen molar-refractivity contribution >= 4 is 65.6 Å². The lowest BCUT2D eigenvalue weighted by Gasteiger charge is -2.14. The molecule has 0 radical (unpaired) electrons. The van der Waals surface area contributed by atoms with Crippen LogP contribution in [0.1, 0.15) is 0 Å². The highest BCUT2D eigenvalue weighted by molar-refractivity contribution is 6.11. The van der Waals surface area contributed by atoms with Crippen molar-refractivity contribution in [2.24, 2.45) is 0 Å². The first-order valence-corrected chi connectivity index (χ1v) is 17.2. The van der Waals surface area contributed by atoms with E-state index in [1.165, 1.54) is 27.1 Å². The van der Waals surface area contributed by atoms with Crippen LogP contribution in [0.15, 0.2) is 174 Å². The Morgan fingerprint density at radius 2 is 1.08 bits per heavy atom. The van der Waals surface area contributed by atoms with Crippen molar-refractivity contribution < 1.29 is 4.42 Å². The van der Waals surface area contributed by atoms with Crippen LogP contribution in [0.3, 0.4) is 0 Å². The molecule has 0 aliphatic carbocycles. The number of nitrogens with zero attached hydrogens (tertiary/aromatic N) is 4. The van der Waals surface area contributed by atoms with Gasteiger partial charge < -0.3 is 13.6 Å². The van der Waals surface area contributed by atoms with Crippen LogP contribution in [-0.4, -0.2) is 19.1 Å². The Morgan fingerprint density at radius 1 is 0.431 bits per heavy atom. The average molecular weight is 653 g/mol. The Kier molecular flexibility index (Phi) is 5.89. The number of aromatic nitrogens is 4. The summed E-state index contributed by atoms with van der Waals surface area (Å²) in [4.78, 5) is 9.85. The molecule has 0 saturated carbocycles. The van der Waals surface area contributed by atoms with E-state index in [4.69, 9.17) is 9.40 Å². The number of para-hydroxylation sites is 4. The van der Waals surface area contributed by atoms with Crippen molar-refractivity contribution in [3.05, 3.63) is 170 Å². The zero-order valence-corrected chi connectivity index (χ0v) is 27.4. The number of hydrogen-bond donors (Lipinski definition) is 0. The molecular formula is C46H28N4O. The lowest BCUT2D eigenvalue weighted by molar-refractivity contribution is 0.620. The fourth-order valence-corrected chi connectivity index (χ4v) is 7.94. The van der Waals surface area contributed by atoms with E-state index in [1.54, 1.807) is 0 Å². The normalized spacial score (nSPS) is 11.9. The number of rotatable bonds is 4. The van der Waals surface area contributed by atoms with Gasteiger partial charge in [-0.15, -0.1) is 0 Å². The highest BCUT2D eigenvalue weighted by Gasteiger charge is 2.21. The summed E-state index contributed by atoms with van der Waals surface area (Å²) in [6, 6.07) is 57.9. The maximum Gasteiger partial charge on any atom is 0.228 e. The van der Waals surface area contributed by atoms with E-state index in [0.717, 1.165) is 61.0 Å². The van der Waals surface area contributed by atoms with E-state index in [-0.39, 0.29) is 0 Å². The largest absolute Gasteiger partial charge is 0.436 e. The van der Waals surface area contributed by atoms with Crippen molar-refractivity contribution in [2.45, 2.75) is 0 Å². The van der Waals surface area contributed by atoms with E-state index in [2.05, 4.69) is 160 Å². The van der Waals surface area contributed by atoms with Gasteiger partial charge in [0.2, 0.25) is 5.89 Å². The molecule has 0 fully saturated rings. The molecule has 238 valence electrons. The molecule has 11 aromatic rings. The van der Waals surface area contributed by atoms with E-state index < -0.39 is 0 Å². The first-order chi connectivity index (χ1) is 25.3. The fourth-order valence-electron chi connectivity index (χ4n) is 7.94. The third kappa shape index (κ3) is 4.15. The first-order valence-electron chi connectivity index (χ1n) is 17.2. The molecule has 0 N–H and O–H groups in total. The van der Waals surface area contributed by atoms with Crippen LogP contribution in [0, 0.1) is 0 Å². The van der Waals surface area contributed by atoms with Crippen LogP contribution in [0.2, 0.25) is 0 Å². The monoisotopic (exact) mass is 652 g/mol. The third-order valence-electron chi connectivity index (χ3n) is 10.2. The molecule has 0 amide bonds. The molecule has 7 aromatic carbocycles. The van der Waals surface area contributed by atoms with Crippen molar-refractivity contribution in [2.75, 3.05) is 0 Å². The van der Waals surface area contributed by atoms with E-state index >= 15 is 0 Å². The van der Waals surface area contributed by atoms with Crippen LogP contribution < -0.4 is 0 Å². The van der Waals surface area contributed by atoms with Gasteiger partial charge in [0.1, 0.15) is 5.52 Å². The minimum Gasteiger partial charge on any atom is -0.436 e. The van der Waals surface area contributed by atoms with Crippen LogP contribution in [0.4, 0.5) is 0 Å². The molecule has 5 heteroatoms. The zero-order valence-electron chi connectivity index (χ0n) is 27.4. The molecule has 0 unspecified atom stereocenters. The second-order valence-electron chi connectivity index (χ2n) is 13.0. The topological polar surface area (TPSA) is 48.8 Å². The Labute approximate surface area is 292 Å². The van der Waals surface area contributed by atoms with Crippen LogP contribution in [0.25, 0.3) is 99.6 Å². The molecule has 4 aromatic heterocycles. The quantitative estimate of drug-likeness (QED) is 0.190. The molecule has 0 saturated heterocycles. The summed E-state index contributed by atoms with van der Waals surface area (Å²) < 4.78 is 11.3. The molecule has 0 aliphatic heterocycles. The van der Waals surface area contributed by atoms with Crippen molar-refractivity contribution in [3.8, 4) is 34.0 Å².